The SMILES string of the molecule is CCCNC(COCCOC)c1ccc(OCCC)cc1. The highest BCUT2D eigenvalue weighted by Gasteiger charge is 2.11. The van der Waals surface area contributed by atoms with Crippen LogP contribution in [0.1, 0.15) is 38.3 Å². The summed E-state index contributed by atoms with van der Waals surface area (Å²) in [7, 11) is 1.69. The van der Waals surface area contributed by atoms with E-state index in [0.717, 1.165) is 31.7 Å². The van der Waals surface area contributed by atoms with Gasteiger partial charge in [0.2, 0.25) is 0 Å². The van der Waals surface area contributed by atoms with Crippen molar-refractivity contribution in [2.24, 2.45) is 0 Å². The lowest BCUT2D eigenvalue weighted by Crippen LogP contribution is -2.26. The van der Waals surface area contributed by atoms with Crippen LogP contribution in [0.4, 0.5) is 0 Å². The number of benzene rings is 1. The number of nitrogens with one attached hydrogen (secondary N) is 1. The van der Waals surface area contributed by atoms with Crippen LogP contribution < -0.4 is 10.1 Å². The fourth-order valence-corrected chi connectivity index (χ4v) is 1.95. The van der Waals surface area contributed by atoms with Gasteiger partial charge in [0.05, 0.1) is 32.5 Å². The minimum absolute atomic E-state index is 0.210. The van der Waals surface area contributed by atoms with Crippen LogP contribution in [0.15, 0.2) is 24.3 Å². The van der Waals surface area contributed by atoms with Crippen molar-refractivity contribution in [3.63, 3.8) is 0 Å². The predicted molar refractivity (Wildman–Crippen MR) is 86.0 cm³/mol. The summed E-state index contributed by atoms with van der Waals surface area (Å²) in [6.07, 6.45) is 2.13. The van der Waals surface area contributed by atoms with Gasteiger partial charge in [0.1, 0.15) is 5.75 Å². The first-order valence-electron chi connectivity index (χ1n) is 7.84. The van der Waals surface area contributed by atoms with E-state index in [2.05, 4.69) is 31.3 Å². The topological polar surface area (TPSA) is 39.7 Å². The molecule has 0 aromatic heterocycles. The fraction of sp³-hybridized carbons (Fsp3) is 0.647. The zero-order valence-electron chi connectivity index (χ0n) is 13.6. The van der Waals surface area contributed by atoms with Crippen molar-refractivity contribution < 1.29 is 14.2 Å². The third kappa shape index (κ3) is 7.46. The molecule has 0 aliphatic rings. The van der Waals surface area contributed by atoms with Gasteiger partial charge in [0.25, 0.3) is 0 Å². The van der Waals surface area contributed by atoms with E-state index < -0.39 is 0 Å². The first kappa shape index (κ1) is 18.0. The van der Waals surface area contributed by atoms with Crippen molar-refractivity contribution in [3.8, 4) is 5.75 Å². The summed E-state index contributed by atoms with van der Waals surface area (Å²) in [4.78, 5) is 0. The van der Waals surface area contributed by atoms with E-state index >= 15 is 0 Å². The van der Waals surface area contributed by atoms with Crippen LogP contribution in [0.3, 0.4) is 0 Å². The van der Waals surface area contributed by atoms with Crippen molar-refractivity contribution >= 4 is 0 Å². The molecule has 1 unspecified atom stereocenters. The van der Waals surface area contributed by atoms with Crippen molar-refractivity contribution in [1.29, 1.82) is 0 Å². The molecule has 0 amide bonds. The molecule has 0 fully saturated rings. The summed E-state index contributed by atoms with van der Waals surface area (Å²) >= 11 is 0. The third-order valence-electron chi connectivity index (χ3n) is 3.11. The van der Waals surface area contributed by atoms with Gasteiger partial charge in [-0.25, -0.2) is 0 Å². The molecule has 1 aromatic rings. The molecule has 0 aliphatic carbocycles. The zero-order chi connectivity index (χ0) is 15.3. The van der Waals surface area contributed by atoms with Gasteiger partial charge in [-0.1, -0.05) is 26.0 Å². The molecule has 0 bridgehead atoms. The Morgan fingerprint density at radius 2 is 1.76 bits per heavy atom. The third-order valence-corrected chi connectivity index (χ3v) is 3.11. The second kappa shape index (κ2) is 11.5. The second-order valence-electron chi connectivity index (χ2n) is 4.99. The highest BCUT2D eigenvalue weighted by molar-refractivity contribution is 5.29. The van der Waals surface area contributed by atoms with Crippen molar-refractivity contribution in [3.05, 3.63) is 29.8 Å². The van der Waals surface area contributed by atoms with Crippen molar-refractivity contribution in [1.82, 2.24) is 5.32 Å². The maximum absolute atomic E-state index is 5.66. The molecule has 1 atom stereocenters. The van der Waals surface area contributed by atoms with E-state index in [1.165, 1.54) is 5.56 Å². The van der Waals surface area contributed by atoms with Crippen LogP contribution in [0.5, 0.6) is 5.75 Å². The van der Waals surface area contributed by atoms with Gasteiger partial charge in [-0.15, -0.1) is 0 Å². The molecule has 120 valence electrons. The lowest BCUT2D eigenvalue weighted by Gasteiger charge is -2.19. The summed E-state index contributed by atoms with van der Waals surface area (Å²) in [5.41, 5.74) is 1.23. The maximum Gasteiger partial charge on any atom is 0.119 e. The molecule has 0 heterocycles. The van der Waals surface area contributed by atoms with Gasteiger partial charge in [-0.05, 0) is 37.1 Å². The molecule has 21 heavy (non-hydrogen) atoms. The van der Waals surface area contributed by atoms with Crippen molar-refractivity contribution in [2.75, 3.05) is 40.1 Å². The predicted octanol–water partition coefficient (Wildman–Crippen LogP) is 3.18. The minimum atomic E-state index is 0.210. The summed E-state index contributed by atoms with van der Waals surface area (Å²) in [5, 5.41) is 3.52. The van der Waals surface area contributed by atoms with Gasteiger partial charge in [0, 0.05) is 7.11 Å². The largest absolute Gasteiger partial charge is 0.494 e. The first-order valence-corrected chi connectivity index (χ1v) is 7.84. The Hall–Kier alpha value is -1.10. The highest BCUT2D eigenvalue weighted by Crippen LogP contribution is 2.18. The molecule has 4 nitrogen and oxygen atoms in total. The highest BCUT2D eigenvalue weighted by atomic mass is 16.5. The molecule has 0 saturated heterocycles. The zero-order valence-corrected chi connectivity index (χ0v) is 13.6. The van der Waals surface area contributed by atoms with Gasteiger partial charge in [-0.3, -0.25) is 0 Å². The Kier molecular flexibility index (Phi) is 9.87. The second-order valence-corrected chi connectivity index (χ2v) is 4.99. The monoisotopic (exact) mass is 295 g/mol. The minimum Gasteiger partial charge on any atom is -0.494 e. The fourth-order valence-electron chi connectivity index (χ4n) is 1.95. The maximum atomic E-state index is 5.66. The molecule has 0 radical (unpaired) electrons. The van der Waals surface area contributed by atoms with Gasteiger partial charge in [-0.2, -0.15) is 0 Å². The van der Waals surface area contributed by atoms with Crippen LogP contribution in [-0.2, 0) is 9.47 Å². The van der Waals surface area contributed by atoms with Crippen LogP contribution >= 0.6 is 0 Å². The molecular weight excluding hydrogens is 266 g/mol. The molecule has 0 spiro atoms. The van der Waals surface area contributed by atoms with E-state index in [1.807, 2.05) is 12.1 Å². The first-order chi connectivity index (χ1) is 10.3. The van der Waals surface area contributed by atoms with E-state index in [1.54, 1.807) is 7.11 Å². The normalized spacial score (nSPS) is 12.3. The number of hydrogen-bond donors (Lipinski definition) is 1. The quantitative estimate of drug-likeness (QED) is 0.601. The van der Waals surface area contributed by atoms with Crippen LogP contribution in [-0.4, -0.2) is 40.1 Å². The van der Waals surface area contributed by atoms with E-state index in [4.69, 9.17) is 14.2 Å². The molecular formula is C17H29NO3. The lowest BCUT2D eigenvalue weighted by atomic mass is 10.1. The number of methoxy groups -OCH3 is 1. The van der Waals surface area contributed by atoms with Gasteiger partial charge >= 0.3 is 0 Å². The molecule has 1 rings (SSSR count). The Labute approximate surface area is 128 Å². The average molecular weight is 295 g/mol. The van der Waals surface area contributed by atoms with E-state index in [9.17, 15) is 0 Å². The summed E-state index contributed by atoms with van der Waals surface area (Å²) in [6, 6.07) is 8.49. The van der Waals surface area contributed by atoms with Gasteiger partial charge in [0.15, 0.2) is 0 Å². The Bertz CT molecular complexity index is 354. The summed E-state index contributed by atoms with van der Waals surface area (Å²) in [5.74, 6) is 0.926. The summed E-state index contributed by atoms with van der Waals surface area (Å²) in [6.45, 7) is 7.92. The van der Waals surface area contributed by atoms with Crippen molar-refractivity contribution in [2.45, 2.75) is 32.7 Å². The number of rotatable bonds is 12. The Morgan fingerprint density at radius 3 is 2.38 bits per heavy atom. The van der Waals surface area contributed by atoms with Crippen LogP contribution in [0.25, 0.3) is 0 Å². The average Bonchev–Trinajstić information content (AvgIpc) is 2.53. The molecule has 4 heteroatoms. The number of ether oxygens (including phenoxy) is 3. The standard InChI is InChI=1S/C17H29NO3/c1-4-10-18-17(14-20-13-12-19-3)15-6-8-16(9-7-15)21-11-5-2/h6-9,17-18H,4-5,10-14H2,1-3H3. The molecule has 1 aromatic carbocycles. The van der Waals surface area contributed by atoms with Crippen LogP contribution in [0, 0.1) is 0 Å². The molecule has 1 N–H and O–H groups in total. The van der Waals surface area contributed by atoms with Gasteiger partial charge < -0.3 is 19.5 Å². The Balaban J connectivity index is 2.54. The number of hydrogen-bond acceptors (Lipinski definition) is 4. The Morgan fingerprint density at radius 1 is 1.00 bits per heavy atom. The van der Waals surface area contributed by atoms with E-state index in [0.29, 0.717) is 19.8 Å². The molecule has 0 saturated carbocycles. The van der Waals surface area contributed by atoms with E-state index in [-0.39, 0.29) is 6.04 Å². The molecule has 0 aliphatic heterocycles. The summed E-state index contributed by atoms with van der Waals surface area (Å²) < 4.78 is 16.3. The van der Waals surface area contributed by atoms with Crippen LogP contribution in [0.2, 0.25) is 0 Å². The smallest absolute Gasteiger partial charge is 0.119 e. The lowest BCUT2D eigenvalue weighted by molar-refractivity contribution is 0.0586.